The number of esters is 2. The maximum absolute atomic E-state index is 12.6. The smallest absolute Gasteiger partial charge is 0.462 e. The maximum atomic E-state index is 12.6. The Kier molecular flexibility index (Phi) is 38.8. The fourth-order valence-corrected chi connectivity index (χ4v) is 5.88. The number of hydrogen-bond acceptors (Lipinski definition) is 8. The van der Waals surface area contributed by atoms with Crippen LogP contribution in [0.2, 0.25) is 0 Å². The van der Waals surface area contributed by atoms with Crippen LogP contribution in [0.1, 0.15) is 155 Å². The zero-order valence-electron chi connectivity index (χ0n) is 34.4. The highest BCUT2D eigenvalue weighted by molar-refractivity contribution is 7.47. The Bertz CT molecular complexity index is 1170. The summed E-state index contributed by atoms with van der Waals surface area (Å²) in [5.74, 6) is -0.935. The first-order chi connectivity index (χ1) is 26.8. The summed E-state index contributed by atoms with van der Waals surface area (Å²) < 4.78 is 32.7. The van der Waals surface area contributed by atoms with Crippen molar-refractivity contribution in [2.75, 3.05) is 26.4 Å². The summed E-state index contributed by atoms with van der Waals surface area (Å²) in [4.78, 5) is 34.8. The van der Waals surface area contributed by atoms with Gasteiger partial charge >= 0.3 is 19.8 Å². The van der Waals surface area contributed by atoms with E-state index in [0.717, 1.165) is 70.6 Å². The van der Waals surface area contributed by atoms with Gasteiger partial charge in [-0.15, -0.1) is 0 Å². The van der Waals surface area contributed by atoms with Gasteiger partial charge in [0.25, 0.3) is 0 Å². The van der Waals surface area contributed by atoms with E-state index in [1.807, 2.05) is 6.08 Å². The quantitative estimate of drug-likeness (QED) is 0.0271. The number of phosphoric acid groups is 1. The number of ether oxygens (including phenoxy) is 2. The van der Waals surface area contributed by atoms with E-state index in [2.05, 4.69) is 92.8 Å². The molecule has 0 aromatic rings. The summed E-state index contributed by atoms with van der Waals surface area (Å²) in [6, 6.07) is 0. The van der Waals surface area contributed by atoms with Gasteiger partial charge in [-0.05, 0) is 83.5 Å². The van der Waals surface area contributed by atoms with Crippen LogP contribution in [-0.2, 0) is 32.7 Å². The summed E-state index contributed by atoms with van der Waals surface area (Å²) in [6.45, 7) is 3.54. The fourth-order valence-electron chi connectivity index (χ4n) is 5.11. The Morgan fingerprint density at radius 2 is 1.00 bits per heavy atom. The van der Waals surface area contributed by atoms with Crippen LogP contribution < -0.4 is 5.73 Å². The lowest BCUT2D eigenvalue weighted by Crippen LogP contribution is -2.29. The van der Waals surface area contributed by atoms with E-state index < -0.39 is 32.5 Å². The summed E-state index contributed by atoms with van der Waals surface area (Å²) in [5, 5.41) is 0. The van der Waals surface area contributed by atoms with E-state index in [-0.39, 0.29) is 32.6 Å². The molecule has 0 spiro atoms. The molecule has 0 radical (unpaired) electrons. The molecule has 2 atom stereocenters. The Hall–Kier alpha value is -2.81. The molecule has 0 saturated heterocycles. The van der Waals surface area contributed by atoms with Crippen LogP contribution in [0.5, 0.6) is 0 Å². The van der Waals surface area contributed by atoms with Crippen LogP contribution in [-0.4, -0.2) is 49.3 Å². The zero-order chi connectivity index (χ0) is 40.3. The highest BCUT2D eigenvalue weighted by Gasteiger charge is 2.25. The van der Waals surface area contributed by atoms with Gasteiger partial charge in [-0.3, -0.25) is 18.6 Å². The largest absolute Gasteiger partial charge is 0.472 e. The van der Waals surface area contributed by atoms with E-state index in [1.165, 1.54) is 44.9 Å². The van der Waals surface area contributed by atoms with Crippen LogP contribution in [0.15, 0.2) is 85.1 Å². The molecule has 0 aliphatic rings. The first-order valence-corrected chi connectivity index (χ1v) is 22.6. The fraction of sp³-hybridized carbons (Fsp3) is 0.644. The van der Waals surface area contributed by atoms with E-state index >= 15 is 0 Å². The maximum Gasteiger partial charge on any atom is 0.472 e. The molecule has 3 N–H and O–H groups in total. The molecule has 0 saturated carbocycles. The van der Waals surface area contributed by atoms with Crippen molar-refractivity contribution in [1.82, 2.24) is 0 Å². The molecule has 10 heteroatoms. The number of hydrogen-bond donors (Lipinski definition) is 2. The molecule has 0 amide bonds. The third kappa shape index (κ3) is 40.7. The molecular formula is C45H76NO8P. The molecule has 55 heavy (non-hydrogen) atoms. The first kappa shape index (κ1) is 52.2. The molecule has 0 aliphatic carbocycles. The van der Waals surface area contributed by atoms with E-state index in [0.29, 0.717) is 12.8 Å². The van der Waals surface area contributed by atoms with Gasteiger partial charge in [0.2, 0.25) is 0 Å². The number of unbranched alkanes of at least 4 members (excludes halogenated alkanes) is 11. The third-order valence-electron chi connectivity index (χ3n) is 8.23. The minimum atomic E-state index is -4.40. The average Bonchev–Trinajstić information content (AvgIpc) is 3.17. The lowest BCUT2D eigenvalue weighted by atomic mass is 10.1. The summed E-state index contributed by atoms with van der Waals surface area (Å²) in [6.07, 6.45) is 50.5. The van der Waals surface area contributed by atoms with Gasteiger partial charge in [0, 0.05) is 19.4 Å². The lowest BCUT2D eigenvalue weighted by Gasteiger charge is -2.19. The molecule has 9 nitrogen and oxygen atoms in total. The summed E-state index contributed by atoms with van der Waals surface area (Å²) in [5.41, 5.74) is 5.34. The Labute approximate surface area is 334 Å². The van der Waals surface area contributed by atoms with Crippen molar-refractivity contribution in [2.45, 2.75) is 161 Å². The van der Waals surface area contributed by atoms with Crippen LogP contribution >= 0.6 is 7.82 Å². The molecule has 0 heterocycles. The van der Waals surface area contributed by atoms with Crippen molar-refractivity contribution >= 4 is 19.8 Å². The van der Waals surface area contributed by atoms with E-state index in [1.54, 1.807) is 0 Å². The molecule has 1 unspecified atom stereocenters. The number of rotatable bonds is 38. The van der Waals surface area contributed by atoms with E-state index in [4.69, 9.17) is 24.3 Å². The molecule has 0 aromatic heterocycles. The second-order valence-electron chi connectivity index (χ2n) is 13.5. The molecule has 314 valence electrons. The van der Waals surface area contributed by atoms with Gasteiger partial charge in [0.15, 0.2) is 6.10 Å². The van der Waals surface area contributed by atoms with E-state index in [9.17, 15) is 19.0 Å². The van der Waals surface area contributed by atoms with Crippen molar-refractivity contribution in [3.05, 3.63) is 85.1 Å². The summed E-state index contributed by atoms with van der Waals surface area (Å²) >= 11 is 0. The Morgan fingerprint density at radius 1 is 0.545 bits per heavy atom. The number of carbonyl (C=O) groups excluding carboxylic acids is 2. The lowest BCUT2D eigenvalue weighted by molar-refractivity contribution is -0.161. The van der Waals surface area contributed by atoms with Gasteiger partial charge in [-0.25, -0.2) is 4.57 Å². The van der Waals surface area contributed by atoms with Crippen molar-refractivity contribution in [3.8, 4) is 0 Å². The molecule has 0 bridgehead atoms. The number of phosphoric ester groups is 1. The first-order valence-electron chi connectivity index (χ1n) is 21.1. The van der Waals surface area contributed by atoms with Crippen LogP contribution in [0.3, 0.4) is 0 Å². The van der Waals surface area contributed by atoms with Crippen molar-refractivity contribution in [2.24, 2.45) is 5.73 Å². The number of nitrogens with two attached hydrogens (primary N) is 1. The van der Waals surface area contributed by atoms with Crippen LogP contribution in [0.25, 0.3) is 0 Å². The molecule has 0 fully saturated rings. The Morgan fingerprint density at radius 3 is 1.53 bits per heavy atom. The minimum Gasteiger partial charge on any atom is -0.462 e. The average molecular weight is 790 g/mol. The summed E-state index contributed by atoms with van der Waals surface area (Å²) in [7, 11) is -4.40. The normalized spacial score (nSPS) is 14.2. The van der Waals surface area contributed by atoms with Crippen LogP contribution in [0, 0.1) is 0 Å². The third-order valence-corrected chi connectivity index (χ3v) is 9.22. The second kappa shape index (κ2) is 40.8. The highest BCUT2D eigenvalue weighted by atomic mass is 31.2. The van der Waals surface area contributed by atoms with Crippen molar-refractivity contribution in [1.29, 1.82) is 0 Å². The number of allylic oxidation sites excluding steroid dienone is 14. The predicted molar refractivity (Wildman–Crippen MR) is 229 cm³/mol. The van der Waals surface area contributed by atoms with Gasteiger partial charge < -0.3 is 20.1 Å². The number of carbonyl (C=O) groups is 2. The molecule has 0 aliphatic heterocycles. The van der Waals surface area contributed by atoms with Crippen molar-refractivity contribution < 1.29 is 37.6 Å². The molecule has 0 rings (SSSR count). The molecule has 0 aromatic carbocycles. The topological polar surface area (TPSA) is 134 Å². The van der Waals surface area contributed by atoms with Gasteiger partial charge in [0.05, 0.1) is 13.2 Å². The second-order valence-corrected chi connectivity index (χ2v) is 14.9. The van der Waals surface area contributed by atoms with Gasteiger partial charge in [0.1, 0.15) is 6.61 Å². The monoisotopic (exact) mass is 790 g/mol. The Balaban J connectivity index is 4.34. The van der Waals surface area contributed by atoms with Crippen LogP contribution in [0.4, 0.5) is 0 Å². The minimum absolute atomic E-state index is 0.0369. The predicted octanol–water partition coefficient (Wildman–Crippen LogP) is 12.0. The SMILES string of the molecule is CCC/C=C/C/C=C/C/C=C/C/C=C/CCCCCC(=O)O[C@H](COC(=O)CCC/C=C/C/C=C/C/C=C/CCCCCCCC)COP(=O)(O)OCCN. The van der Waals surface area contributed by atoms with Gasteiger partial charge in [-0.1, -0.05) is 144 Å². The highest BCUT2D eigenvalue weighted by Crippen LogP contribution is 2.43. The zero-order valence-corrected chi connectivity index (χ0v) is 35.3. The van der Waals surface area contributed by atoms with Gasteiger partial charge in [-0.2, -0.15) is 0 Å². The van der Waals surface area contributed by atoms with Crippen molar-refractivity contribution in [3.63, 3.8) is 0 Å². The standard InChI is InChI=1S/C45H76NO8P/c1-3-5-7-9-11-13-15-17-19-21-23-25-27-29-31-33-35-37-44(47)51-41-43(42-53-55(49,50)52-40-39-46)54-45(48)38-36-34-32-30-28-26-24-22-20-18-16-14-12-10-8-6-4-2/h8,10,14,16-17,19-20,22-23,25-26,28-29,31,43H,3-7,9,11-13,15,18,21,24,27,30,32-42,46H2,1-2H3,(H,49,50)/b10-8+,16-14+,19-17+,22-20+,25-23+,28-26+,31-29+/t43-/m1/s1. The molecular weight excluding hydrogens is 713 g/mol.